The fourth-order valence-corrected chi connectivity index (χ4v) is 1.97. The third-order valence-corrected chi connectivity index (χ3v) is 3.42. The van der Waals surface area contributed by atoms with Crippen LogP contribution in [0.3, 0.4) is 0 Å². The van der Waals surface area contributed by atoms with Crippen LogP contribution in [0.2, 0.25) is 0 Å². The largest absolute Gasteiger partial charge is 0.382 e. The van der Waals surface area contributed by atoms with Gasteiger partial charge in [0.1, 0.15) is 6.54 Å². The minimum absolute atomic E-state index is 0. The van der Waals surface area contributed by atoms with Crippen LogP contribution in [0.5, 0.6) is 0 Å². The average molecular weight is 442 g/mol. The number of nitrogens with zero attached hydrogens (tertiary/aromatic N) is 2. The molecule has 136 valence electrons. The summed E-state index contributed by atoms with van der Waals surface area (Å²) in [7, 11) is 3.46. The van der Waals surface area contributed by atoms with Gasteiger partial charge in [-0.3, -0.25) is 4.79 Å². The molecule has 1 aliphatic heterocycles. The number of nitrogens with one attached hydrogen (secondary N) is 2. The Morgan fingerprint density at radius 2 is 2.17 bits per heavy atom. The predicted molar refractivity (Wildman–Crippen MR) is 102 cm³/mol. The van der Waals surface area contributed by atoms with Crippen molar-refractivity contribution in [2.75, 3.05) is 60.2 Å². The number of hydrogen-bond donors (Lipinski definition) is 2. The first-order chi connectivity index (χ1) is 10.6. The first-order valence-corrected chi connectivity index (χ1v) is 8.01. The van der Waals surface area contributed by atoms with Gasteiger partial charge < -0.3 is 25.0 Å². The molecule has 1 atom stereocenters. The second kappa shape index (κ2) is 13.8. The van der Waals surface area contributed by atoms with Crippen molar-refractivity contribution in [2.24, 2.45) is 10.9 Å². The first-order valence-electron chi connectivity index (χ1n) is 8.01. The number of ether oxygens (including phenoxy) is 2. The van der Waals surface area contributed by atoms with Crippen LogP contribution in [-0.4, -0.2) is 76.9 Å². The maximum Gasteiger partial charge on any atom is 0.243 e. The maximum atomic E-state index is 11.6. The van der Waals surface area contributed by atoms with Crippen molar-refractivity contribution in [2.45, 2.75) is 19.8 Å². The Morgan fingerprint density at radius 1 is 1.39 bits per heavy atom. The van der Waals surface area contributed by atoms with Crippen molar-refractivity contribution in [3.05, 3.63) is 0 Å². The van der Waals surface area contributed by atoms with E-state index in [1.807, 2.05) is 6.92 Å². The third kappa shape index (κ3) is 10.7. The van der Waals surface area contributed by atoms with Crippen LogP contribution in [0, 0.1) is 5.92 Å². The average Bonchev–Trinajstić information content (AvgIpc) is 3.01. The summed E-state index contributed by atoms with van der Waals surface area (Å²) in [6.45, 7) is 6.80. The van der Waals surface area contributed by atoms with Crippen molar-refractivity contribution < 1.29 is 14.3 Å². The van der Waals surface area contributed by atoms with Crippen LogP contribution in [0.25, 0.3) is 0 Å². The quantitative estimate of drug-likeness (QED) is 0.238. The molecule has 7 nitrogen and oxygen atoms in total. The number of amides is 1. The molecule has 0 bridgehead atoms. The number of halogens is 1. The SMILES string of the molecule is CCOCCCNC(=NCC(=O)N(C)C)NCC1CCOC1.I. The molecule has 1 rings (SSSR count). The zero-order chi connectivity index (χ0) is 16.2. The highest BCUT2D eigenvalue weighted by Gasteiger charge is 2.15. The molecule has 0 aromatic carbocycles. The Morgan fingerprint density at radius 3 is 2.78 bits per heavy atom. The van der Waals surface area contributed by atoms with Crippen LogP contribution in [0.4, 0.5) is 0 Å². The lowest BCUT2D eigenvalue weighted by Crippen LogP contribution is -2.41. The summed E-state index contributed by atoms with van der Waals surface area (Å²) in [6.07, 6.45) is 1.98. The fraction of sp³-hybridized carbons (Fsp3) is 0.867. The van der Waals surface area contributed by atoms with Crippen molar-refractivity contribution in [3.8, 4) is 0 Å². The van der Waals surface area contributed by atoms with Gasteiger partial charge in [-0.1, -0.05) is 0 Å². The van der Waals surface area contributed by atoms with Crippen LogP contribution in [0.15, 0.2) is 4.99 Å². The second-order valence-corrected chi connectivity index (χ2v) is 5.54. The van der Waals surface area contributed by atoms with Gasteiger partial charge in [0.15, 0.2) is 5.96 Å². The molecule has 0 spiro atoms. The second-order valence-electron chi connectivity index (χ2n) is 5.54. The van der Waals surface area contributed by atoms with E-state index in [1.165, 1.54) is 0 Å². The molecule has 1 fully saturated rings. The molecule has 0 aliphatic carbocycles. The number of carbonyl (C=O) groups excluding carboxylic acids is 1. The summed E-state index contributed by atoms with van der Waals surface area (Å²) in [5.74, 6) is 1.18. The van der Waals surface area contributed by atoms with E-state index in [-0.39, 0.29) is 36.4 Å². The van der Waals surface area contributed by atoms with E-state index in [4.69, 9.17) is 9.47 Å². The monoisotopic (exact) mass is 442 g/mol. The lowest BCUT2D eigenvalue weighted by molar-refractivity contribution is -0.127. The Hall–Kier alpha value is -0.610. The van der Waals surface area contributed by atoms with E-state index < -0.39 is 0 Å². The number of rotatable bonds is 9. The van der Waals surface area contributed by atoms with Crippen molar-refractivity contribution in [1.82, 2.24) is 15.5 Å². The standard InChI is InChI=1S/C15H30N4O3.HI/c1-4-21-8-5-7-16-15(18-11-14(20)19(2)3)17-10-13-6-9-22-12-13;/h13H,4-12H2,1-3H3,(H2,16,17,18);1H. The van der Waals surface area contributed by atoms with E-state index in [9.17, 15) is 4.79 Å². The molecule has 2 N–H and O–H groups in total. The lowest BCUT2D eigenvalue weighted by atomic mass is 10.1. The summed E-state index contributed by atoms with van der Waals surface area (Å²) in [4.78, 5) is 17.5. The van der Waals surface area contributed by atoms with Gasteiger partial charge in [-0.25, -0.2) is 4.99 Å². The van der Waals surface area contributed by atoms with Crippen molar-refractivity contribution in [1.29, 1.82) is 0 Å². The molecule has 0 radical (unpaired) electrons. The van der Waals surface area contributed by atoms with Crippen LogP contribution in [-0.2, 0) is 14.3 Å². The molecule has 1 saturated heterocycles. The minimum Gasteiger partial charge on any atom is -0.382 e. The van der Waals surface area contributed by atoms with Crippen LogP contribution < -0.4 is 10.6 Å². The maximum absolute atomic E-state index is 11.6. The van der Waals surface area contributed by atoms with E-state index in [0.29, 0.717) is 11.9 Å². The third-order valence-electron chi connectivity index (χ3n) is 3.42. The molecule has 0 saturated carbocycles. The summed E-state index contributed by atoms with van der Waals surface area (Å²) < 4.78 is 10.7. The normalized spacial score (nSPS) is 17.5. The highest BCUT2D eigenvalue weighted by molar-refractivity contribution is 14.0. The van der Waals surface area contributed by atoms with Gasteiger partial charge in [0, 0.05) is 52.9 Å². The first kappa shape index (κ1) is 22.4. The van der Waals surface area contributed by atoms with E-state index in [2.05, 4.69) is 15.6 Å². The van der Waals surface area contributed by atoms with E-state index >= 15 is 0 Å². The Balaban J connectivity index is 0.00000484. The summed E-state index contributed by atoms with van der Waals surface area (Å²) >= 11 is 0. The van der Waals surface area contributed by atoms with Crippen molar-refractivity contribution in [3.63, 3.8) is 0 Å². The van der Waals surface area contributed by atoms with E-state index in [1.54, 1.807) is 19.0 Å². The Kier molecular flexibility index (Phi) is 13.4. The smallest absolute Gasteiger partial charge is 0.243 e. The zero-order valence-corrected chi connectivity index (χ0v) is 16.8. The van der Waals surface area contributed by atoms with Gasteiger partial charge in [0.25, 0.3) is 0 Å². The number of carbonyl (C=O) groups is 1. The molecule has 0 aromatic heterocycles. The van der Waals surface area contributed by atoms with Crippen LogP contribution in [0.1, 0.15) is 19.8 Å². The topological polar surface area (TPSA) is 75.2 Å². The molecule has 23 heavy (non-hydrogen) atoms. The summed E-state index contributed by atoms with van der Waals surface area (Å²) in [6, 6.07) is 0. The number of hydrogen-bond acceptors (Lipinski definition) is 4. The zero-order valence-electron chi connectivity index (χ0n) is 14.5. The molecule has 1 heterocycles. The van der Waals surface area contributed by atoms with Crippen molar-refractivity contribution >= 4 is 35.8 Å². The Labute approximate surface area is 156 Å². The summed E-state index contributed by atoms with van der Waals surface area (Å²) in [5, 5.41) is 6.54. The summed E-state index contributed by atoms with van der Waals surface area (Å²) in [5.41, 5.74) is 0. The molecule has 1 aliphatic rings. The molecule has 1 amide bonds. The fourth-order valence-electron chi connectivity index (χ4n) is 1.97. The molecule has 1 unspecified atom stereocenters. The van der Waals surface area contributed by atoms with Gasteiger partial charge in [-0.15, -0.1) is 24.0 Å². The molecular formula is C15H31IN4O3. The minimum atomic E-state index is -0.0142. The number of guanidine groups is 1. The number of aliphatic imine (C=N–C) groups is 1. The van der Waals surface area contributed by atoms with Gasteiger partial charge >= 0.3 is 0 Å². The van der Waals surface area contributed by atoms with Crippen LogP contribution >= 0.6 is 24.0 Å². The van der Waals surface area contributed by atoms with Gasteiger partial charge in [-0.05, 0) is 19.8 Å². The van der Waals surface area contributed by atoms with Gasteiger partial charge in [0.2, 0.25) is 5.91 Å². The highest BCUT2D eigenvalue weighted by atomic mass is 127. The lowest BCUT2D eigenvalue weighted by Gasteiger charge is -2.15. The molecular weight excluding hydrogens is 411 g/mol. The predicted octanol–water partition coefficient (Wildman–Crippen LogP) is 0.691. The van der Waals surface area contributed by atoms with E-state index in [0.717, 1.165) is 52.4 Å². The van der Waals surface area contributed by atoms with Gasteiger partial charge in [-0.2, -0.15) is 0 Å². The van der Waals surface area contributed by atoms with Gasteiger partial charge in [0.05, 0.1) is 6.61 Å². The Bertz CT molecular complexity index is 348. The molecule has 0 aromatic rings. The number of likely N-dealkylation sites (N-methyl/N-ethyl adjacent to an activating group) is 1. The molecule has 8 heteroatoms. The highest BCUT2D eigenvalue weighted by Crippen LogP contribution is 2.10.